The fraction of sp³-hybridized carbons (Fsp3) is 0.267. The largest absolute Gasteiger partial charge is 0.357 e. The van der Waals surface area contributed by atoms with Gasteiger partial charge in [0.1, 0.15) is 23.7 Å². The van der Waals surface area contributed by atoms with Crippen LogP contribution in [0.1, 0.15) is 23.3 Å². The van der Waals surface area contributed by atoms with Crippen LogP contribution in [0.3, 0.4) is 0 Å². The number of halogens is 2. The molecule has 1 aliphatic heterocycles. The second kappa shape index (κ2) is 6.27. The fourth-order valence-corrected chi connectivity index (χ4v) is 2.54. The maximum Gasteiger partial charge on any atom is 0.274 e. The lowest BCUT2D eigenvalue weighted by molar-refractivity contribution is 0.102. The van der Waals surface area contributed by atoms with Crippen molar-refractivity contribution < 1.29 is 9.18 Å². The van der Waals surface area contributed by atoms with Gasteiger partial charge in [0.15, 0.2) is 0 Å². The highest BCUT2D eigenvalue weighted by Crippen LogP contribution is 2.21. The zero-order chi connectivity index (χ0) is 15.5. The standard InChI is InChI=1S/C15H14ClFN4O/c16-11-7-10(3-4-12(11)17)20-15(22)13-8-14(19-9-18-13)21-5-1-2-6-21/h3-4,7-9H,1-2,5-6H2,(H,20,22). The summed E-state index contributed by atoms with van der Waals surface area (Å²) in [6, 6.07) is 5.67. The molecule has 5 nitrogen and oxygen atoms in total. The van der Waals surface area contributed by atoms with Crippen LogP contribution in [0.5, 0.6) is 0 Å². The summed E-state index contributed by atoms with van der Waals surface area (Å²) in [5.41, 5.74) is 0.676. The molecule has 1 aromatic carbocycles. The third kappa shape index (κ3) is 3.17. The molecule has 2 aromatic rings. The molecule has 0 unspecified atom stereocenters. The van der Waals surface area contributed by atoms with E-state index in [0.717, 1.165) is 31.7 Å². The van der Waals surface area contributed by atoms with E-state index in [1.54, 1.807) is 6.07 Å². The van der Waals surface area contributed by atoms with Gasteiger partial charge in [-0.15, -0.1) is 0 Å². The Morgan fingerprint density at radius 1 is 1.23 bits per heavy atom. The molecule has 1 N–H and O–H groups in total. The Balaban J connectivity index is 1.76. The number of carbonyl (C=O) groups excluding carboxylic acids is 1. The normalized spacial score (nSPS) is 14.2. The van der Waals surface area contributed by atoms with Crippen LogP contribution in [0.25, 0.3) is 0 Å². The molecule has 22 heavy (non-hydrogen) atoms. The molecule has 0 radical (unpaired) electrons. The van der Waals surface area contributed by atoms with Gasteiger partial charge in [0, 0.05) is 24.8 Å². The second-order valence-electron chi connectivity index (χ2n) is 5.04. The van der Waals surface area contributed by atoms with Gasteiger partial charge in [0.2, 0.25) is 0 Å². The van der Waals surface area contributed by atoms with Crippen LogP contribution < -0.4 is 10.2 Å². The van der Waals surface area contributed by atoms with Gasteiger partial charge < -0.3 is 10.2 Å². The predicted octanol–water partition coefficient (Wildman–Crippen LogP) is 3.12. The quantitative estimate of drug-likeness (QED) is 0.944. The molecule has 1 saturated heterocycles. The minimum atomic E-state index is -0.530. The van der Waals surface area contributed by atoms with Crippen molar-refractivity contribution in [3.63, 3.8) is 0 Å². The molecule has 1 amide bonds. The maximum atomic E-state index is 13.1. The zero-order valence-electron chi connectivity index (χ0n) is 11.7. The van der Waals surface area contributed by atoms with Gasteiger partial charge in [0.05, 0.1) is 5.02 Å². The highest BCUT2D eigenvalue weighted by atomic mass is 35.5. The van der Waals surface area contributed by atoms with Crippen LogP contribution >= 0.6 is 11.6 Å². The first kappa shape index (κ1) is 14.7. The van der Waals surface area contributed by atoms with Gasteiger partial charge in [-0.1, -0.05) is 11.6 Å². The van der Waals surface area contributed by atoms with E-state index in [9.17, 15) is 9.18 Å². The van der Waals surface area contributed by atoms with E-state index in [1.165, 1.54) is 24.5 Å². The highest BCUT2D eigenvalue weighted by molar-refractivity contribution is 6.31. The molecule has 114 valence electrons. The Kier molecular flexibility index (Phi) is 4.20. The molecule has 7 heteroatoms. The van der Waals surface area contributed by atoms with Crippen molar-refractivity contribution >= 4 is 29.0 Å². The number of hydrogen-bond donors (Lipinski definition) is 1. The summed E-state index contributed by atoms with van der Waals surface area (Å²) in [4.78, 5) is 22.5. The van der Waals surface area contributed by atoms with E-state index in [1.807, 2.05) is 0 Å². The molecular formula is C15H14ClFN4O. The molecule has 3 rings (SSSR count). The van der Waals surface area contributed by atoms with Gasteiger partial charge in [-0.05, 0) is 31.0 Å². The molecule has 1 aromatic heterocycles. The van der Waals surface area contributed by atoms with Crippen molar-refractivity contribution in [2.75, 3.05) is 23.3 Å². The predicted molar refractivity (Wildman–Crippen MR) is 82.8 cm³/mol. The van der Waals surface area contributed by atoms with Crippen molar-refractivity contribution in [1.29, 1.82) is 0 Å². The van der Waals surface area contributed by atoms with Crippen molar-refractivity contribution in [2.45, 2.75) is 12.8 Å². The van der Waals surface area contributed by atoms with Crippen LogP contribution in [-0.2, 0) is 0 Å². The van der Waals surface area contributed by atoms with E-state index in [-0.39, 0.29) is 16.6 Å². The first-order valence-corrected chi connectivity index (χ1v) is 7.35. The average Bonchev–Trinajstić information content (AvgIpc) is 3.05. The first-order chi connectivity index (χ1) is 10.6. The highest BCUT2D eigenvalue weighted by Gasteiger charge is 2.16. The summed E-state index contributed by atoms with van der Waals surface area (Å²) in [5, 5.41) is 2.60. The number of amides is 1. The SMILES string of the molecule is O=C(Nc1ccc(F)c(Cl)c1)c1cc(N2CCCC2)ncn1. The molecule has 0 spiro atoms. The molecular weight excluding hydrogens is 307 g/mol. The number of hydrogen-bond acceptors (Lipinski definition) is 4. The molecule has 0 bridgehead atoms. The van der Waals surface area contributed by atoms with Crippen LogP contribution in [0.15, 0.2) is 30.6 Å². The number of nitrogens with zero attached hydrogens (tertiary/aromatic N) is 3. The minimum Gasteiger partial charge on any atom is -0.357 e. The number of carbonyl (C=O) groups is 1. The lowest BCUT2D eigenvalue weighted by Crippen LogP contribution is -2.21. The van der Waals surface area contributed by atoms with Crippen LogP contribution in [0.4, 0.5) is 15.9 Å². The summed E-state index contributed by atoms with van der Waals surface area (Å²) >= 11 is 5.70. The topological polar surface area (TPSA) is 58.1 Å². The summed E-state index contributed by atoms with van der Waals surface area (Å²) in [6.45, 7) is 1.87. The van der Waals surface area contributed by atoms with Gasteiger partial charge in [-0.2, -0.15) is 0 Å². The molecule has 1 aliphatic rings. The minimum absolute atomic E-state index is 0.0433. The third-order valence-corrected chi connectivity index (χ3v) is 3.78. The maximum absolute atomic E-state index is 13.1. The Hall–Kier alpha value is -2.21. The number of rotatable bonds is 3. The molecule has 0 aliphatic carbocycles. The monoisotopic (exact) mass is 320 g/mol. The van der Waals surface area contributed by atoms with Crippen LogP contribution in [-0.4, -0.2) is 29.0 Å². The number of benzene rings is 1. The van der Waals surface area contributed by atoms with Crippen LogP contribution in [0, 0.1) is 5.82 Å². The van der Waals surface area contributed by atoms with Crippen molar-refractivity contribution in [3.8, 4) is 0 Å². The van der Waals surface area contributed by atoms with Crippen molar-refractivity contribution in [2.24, 2.45) is 0 Å². The summed E-state index contributed by atoms with van der Waals surface area (Å²) in [5.74, 6) is -0.168. The number of anilines is 2. The van der Waals surface area contributed by atoms with Crippen molar-refractivity contribution in [3.05, 3.63) is 47.1 Å². The molecule has 1 fully saturated rings. The van der Waals surface area contributed by atoms with Gasteiger partial charge >= 0.3 is 0 Å². The smallest absolute Gasteiger partial charge is 0.274 e. The van der Waals surface area contributed by atoms with E-state index in [4.69, 9.17) is 11.6 Å². The zero-order valence-corrected chi connectivity index (χ0v) is 12.5. The average molecular weight is 321 g/mol. The lowest BCUT2D eigenvalue weighted by Gasteiger charge is -2.16. The van der Waals surface area contributed by atoms with E-state index < -0.39 is 5.82 Å². The lowest BCUT2D eigenvalue weighted by atomic mass is 10.3. The van der Waals surface area contributed by atoms with E-state index in [2.05, 4.69) is 20.2 Å². The molecule has 0 atom stereocenters. The van der Waals surface area contributed by atoms with Crippen LogP contribution in [0.2, 0.25) is 5.02 Å². The summed E-state index contributed by atoms with van der Waals surface area (Å²) in [6.07, 6.45) is 3.62. The van der Waals surface area contributed by atoms with E-state index in [0.29, 0.717) is 5.69 Å². The van der Waals surface area contributed by atoms with Gasteiger partial charge in [0.25, 0.3) is 5.91 Å². The Morgan fingerprint density at radius 2 is 2.00 bits per heavy atom. The summed E-state index contributed by atoms with van der Waals surface area (Å²) in [7, 11) is 0. The fourth-order valence-electron chi connectivity index (χ4n) is 2.36. The van der Waals surface area contributed by atoms with Crippen molar-refractivity contribution in [1.82, 2.24) is 9.97 Å². The number of nitrogens with one attached hydrogen (secondary N) is 1. The number of aromatic nitrogens is 2. The third-order valence-electron chi connectivity index (χ3n) is 3.49. The molecule has 0 saturated carbocycles. The van der Waals surface area contributed by atoms with Gasteiger partial charge in [-0.3, -0.25) is 4.79 Å². The van der Waals surface area contributed by atoms with E-state index >= 15 is 0 Å². The first-order valence-electron chi connectivity index (χ1n) is 6.97. The summed E-state index contributed by atoms with van der Waals surface area (Å²) < 4.78 is 13.1. The molecule has 2 heterocycles. The Morgan fingerprint density at radius 3 is 2.73 bits per heavy atom. The Labute approximate surface area is 132 Å². The second-order valence-corrected chi connectivity index (χ2v) is 5.45. The van der Waals surface area contributed by atoms with Gasteiger partial charge in [-0.25, -0.2) is 14.4 Å². The Bertz CT molecular complexity index is 704.